The average Bonchev–Trinajstić information content (AvgIpc) is 3.59. The lowest BCUT2D eigenvalue weighted by Crippen LogP contribution is -2.35. The van der Waals surface area contributed by atoms with E-state index in [4.69, 9.17) is 4.74 Å². The van der Waals surface area contributed by atoms with Crippen molar-refractivity contribution in [3.05, 3.63) is 74.0 Å². The summed E-state index contributed by atoms with van der Waals surface area (Å²) in [5, 5.41) is 16.0. The van der Waals surface area contributed by atoms with Crippen molar-refractivity contribution in [2.45, 2.75) is 65.4 Å². The van der Waals surface area contributed by atoms with E-state index in [1.165, 1.54) is 4.88 Å². The normalized spacial score (nSPS) is 17.1. The van der Waals surface area contributed by atoms with E-state index in [2.05, 4.69) is 68.9 Å². The molecule has 0 saturated carbocycles. The van der Waals surface area contributed by atoms with E-state index in [1.54, 1.807) is 11.3 Å². The Labute approximate surface area is 208 Å². The zero-order chi connectivity index (χ0) is 24.4. The summed E-state index contributed by atoms with van der Waals surface area (Å²) >= 11 is 1.72. The molecule has 0 radical (unpaired) electrons. The van der Waals surface area contributed by atoms with Crippen LogP contribution in [0, 0.1) is 12.8 Å². The molecule has 0 amide bonds. The van der Waals surface area contributed by atoms with Crippen molar-refractivity contribution in [2.24, 2.45) is 5.92 Å². The average molecular weight is 493 g/mol. The van der Waals surface area contributed by atoms with E-state index in [1.807, 2.05) is 23.7 Å². The molecule has 0 bridgehead atoms. The molecular formula is C26H32N6O2S. The smallest absolute Gasteiger partial charge is 0.252 e. The van der Waals surface area contributed by atoms with Crippen LogP contribution in [0.4, 0.5) is 0 Å². The quantitative estimate of drug-likeness (QED) is 0.371. The minimum Gasteiger partial charge on any atom is -0.376 e. The topological polar surface area (TPSA) is 88.9 Å². The number of hydrogen-bond acceptors (Lipinski definition) is 7. The van der Waals surface area contributed by atoms with Crippen molar-refractivity contribution >= 4 is 22.2 Å². The number of tetrazole rings is 1. The first-order valence-corrected chi connectivity index (χ1v) is 13.1. The molecule has 8 nitrogen and oxygen atoms in total. The number of fused-ring (bicyclic) bond motifs is 1. The second-order valence-corrected chi connectivity index (χ2v) is 10.8. The van der Waals surface area contributed by atoms with Gasteiger partial charge in [0.15, 0.2) is 5.82 Å². The number of benzene rings is 1. The van der Waals surface area contributed by atoms with Crippen LogP contribution in [0.3, 0.4) is 0 Å². The highest BCUT2D eigenvalue weighted by molar-refractivity contribution is 7.09. The highest BCUT2D eigenvalue weighted by atomic mass is 32.1. The molecule has 2 atom stereocenters. The van der Waals surface area contributed by atoms with Gasteiger partial charge < -0.3 is 9.72 Å². The first-order valence-electron chi connectivity index (χ1n) is 12.2. The van der Waals surface area contributed by atoms with Crippen molar-refractivity contribution in [3.8, 4) is 0 Å². The molecule has 1 aromatic carbocycles. The number of aryl methyl sites for hydroxylation is 1. The lowest BCUT2D eigenvalue weighted by atomic mass is 10.00. The lowest BCUT2D eigenvalue weighted by Gasteiger charge is -2.33. The fraction of sp³-hybridized carbons (Fsp3) is 0.462. The largest absolute Gasteiger partial charge is 0.376 e. The van der Waals surface area contributed by atoms with Gasteiger partial charge in [-0.1, -0.05) is 32.0 Å². The zero-order valence-corrected chi connectivity index (χ0v) is 21.3. The van der Waals surface area contributed by atoms with Crippen molar-refractivity contribution < 1.29 is 4.74 Å². The zero-order valence-electron chi connectivity index (χ0n) is 20.5. The second kappa shape index (κ2) is 10.4. The number of nitrogens with one attached hydrogen (secondary N) is 1. The Hall–Kier alpha value is -2.88. The molecule has 4 aromatic rings. The number of nitrogens with zero attached hydrogens (tertiary/aromatic N) is 5. The van der Waals surface area contributed by atoms with Crippen LogP contribution in [-0.4, -0.2) is 42.8 Å². The molecule has 5 rings (SSSR count). The Kier molecular flexibility index (Phi) is 7.08. The van der Waals surface area contributed by atoms with Crippen LogP contribution in [0.1, 0.15) is 54.6 Å². The molecule has 0 aliphatic carbocycles. The van der Waals surface area contributed by atoms with E-state index in [9.17, 15) is 4.79 Å². The molecule has 1 saturated heterocycles. The van der Waals surface area contributed by atoms with Crippen LogP contribution >= 0.6 is 11.3 Å². The van der Waals surface area contributed by atoms with Crippen LogP contribution in [0.2, 0.25) is 0 Å². The molecule has 1 N–H and O–H groups in total. The SMILES string of the molecule is Cc1ccc2cc(CN(Cc3cccs3)[C@H](c3nnnn3C[C@H]3CCCO3)C(C)C)c(=O)[nH]c2c1. The molecule has 1 aliphatic heterocycles. The van der Waals surface area contributed by atoms with Gasteiger partial charge in [-0.3, -0.25) is 9.69 Å². The lowest BCUT2D eigenvalue weighted by molar-refractivity contribution is 0.0853. The first-order chi connectivity index (χ1) is 17.0. The second-order valence-electron chi connectivity index (χ2n) is 9.74. The Bertz CT molecular complexity index is 1320. The van der Waals surface area contributed by atoms with Crippen LogP contribution in [0.5, 0.6) is 0 Å². The molecule has 3 aromatic heterocycles. The highest BCUT2D eigenvalue weighted by Crippen LogP contribution is 2.31. The molecular weight excluding hydrogens is 460 g/mol. The van der Waals surface area contributed by atoms with Crippen molar-refractivity contribution in [2.75, 3.05) is 6.61 Å². The van der Waals surface area contributed by atoms with Crippen LogP contribution in [0.25, 0.3) is 10.9 Å². The Morgan fingerprint density at radius 2 is 2.14 bits per heavy atom. The van der Waals surface area contributed by atoms with Crippen molar-refractivity contribution in [1.82, 2.24) is 30.1 Å². The Balaban J connectivity index is 1.51. The summed E-state index contributed by atoms with van der Waals surface area (Å²) in [5.41, 5.74) is 2.67. The first kappa shape index (κ1) is 23.8. The number of rotatable bonds is 9. The summed E-state index contributed by atoms with van der Waals surface area (Å²) in [7, 11) is 0. The number of pyridine rings is 1. The summed E-state index contributed by atoms with van der Waals surface area (Å²) in [6.45, 7) is 9.04. The third-order valence-corrected chi connectivity index (χ3v) is 7.50. The number of aromatic nitrogens is 5. The standard InChI is InChI=1S/C26H32N6O2S/c1-17(2)24(25-28-29-30-32(25)15-21-6-4-10-34-21)31(16-22-7-5-11-35-22)14-20-13-19-9-8-18(3)12-23(19)27-26(20)33/h5,7-9,11-13,17,21,24H,4,6,10,14-16H2,1-3H3,(H,27,33)/t21-,24+/m1/s1. The van der Waals surface area contributed by atoms with Gasteiger partial charge in [0.2, 0.25) is 0 Å². The summed E-state index contributed by atoms with van der Waals surface area (Å²) < 4.78 is 7.75. The van der Waals surface area contributed by atoms with E-state index in [0.717, 1.165) is 47.3 Å². The van der Waals surface area contributed by atoms with Gasteiger partial charge in [-0.2, -0.15) is 0 Å². The monoisotopic (exact) mass is 492 g/mol. The molecule has 184 valence electrons. The van der Waals surface area contributed by atoms with Gasteiger partial charge in [-0.05, 0) is 70.6 Å². The molecule has 9 heteroatoms. The molecule has 4 heterocycles. The third-order valence-electron chi connectivity index (χ3n) is 6.64. The van der Waals surface area contributed by atoms with E-state index < -0.39 is 0 Å². The minimum absolute atomic E-state index is 0.0549. The predicted octanol–water partition coefficient (Wildman–Crippen LogP) is 4.46. The third kappa shape index (κ3) is 5.37. The minimum atomic E-state index is -0.0679. The number of ether oxygens (including phenoxy) is 1. The molecule has 0 spiro atoms. The van der Waals surface area contributed by atoms with Crippen LogP contribution in [-0.2, 0) is 24.4 Å². The maximum Gasteiger partial charge on any atom is 0.252 e. The van der Waals surface area contributed by atoms with Crippen LogP contribution in [0.15, 0.2) is 46.6 Å². The Morgan fingerprint density at radius 1 is 1.26 bits per heavy atom. The maximum atomic E-state index is 13.1. The predicted molar refractivity (Wildman–Crippen MR) is 137 cm³/mol. The van der Waals surface area contributed by atoms with E-state index in [-0.39, 0.29) is 23.6 Å². The summed E-state index contributed by atoms with van der Waals surface area (Å²) in [6.07, 6.45) is 2.24. The Morgan fingerprint density at radius 3 is 2.89 bits per heavy atom. The number of hydrogen-bond donors (Lipinski definition) is 1. The van der Waals surface area contributed by atoms with Crippen molar-refractivity contribution in [3.63, 3.8) is 0 Å². The molecule has 1 fully saturated rings. The number of H-pyrrole nitrogens is 1. The maximum absolute atomic E-state index is 13.1. The molecule has 35 heavy (non-hydrogen) atoms. The van der Waals surface area contributed by atoms with Gasteiger partial charge >= 0.3 is 0 Å². The molecule has 0 unspecified atom stereocenters. The van der Waals surface area contributed by atoms with E-state index >= 15 is 0 Å². The van der Waals surface area contributed by atoms with Gasteiger partial charge in [-0.25, -0.2) is 4.68 Å². The summed E-state index contributed by atoms with van der Waals surface area (Å²) in [6, 6.07) is 12.3. The van der Waals surface area contributed by atoms with Gasteiger partial charge in [0.05, 0.1) is 18.7 Å². The van der Waals surface area contributed by atoms with E-state index in [0.29, 0.717) is 19.6 Å². The van der Waals surface area contributed by atoms with Crippen LogP contribution < -0.4 is 5.56 Å². The van der Waals surface area contributed by atoms with Crippen molar-refractivity contribution in [1.29, 1.82) is 0 Å². The molecule has 1 aliphatic rings. The summed E-state index contributed by atoms with van der Waals surface area (Å²) in [5.74, 6) is 1.05. The summed E-state index contributed by atoms with van der Waals surface area (Å²) in [4.78, 5) is 19.8. The fourth-order valence-electron chi connectivity index (χ4n) is 4.97. The number of thiophene rings is 1. The van der Waals surface area contributed by atoms with Gasteiger partial charge in [0.25, 0.3) is 5.56 Å². The fourth-order valence-corrected chi connectivity index (χ4v) is 5.70. The van der Waals surface area contributed by atoms with Gasteiger partial charge in [-0.15, -0.1) is 16.4 Å². The number of aromatic amines is 1. The van der Waals surface area contributed by atoms with Gasteiger partial charge in [0.1, 0.15) is 0 Å². The highest BCUT2D eigenvalue weighted by Gasteiger charge is 2.31. The van der Waals surface area contributed by atoms with Gasteiger partial charge in [0, 0.05) is 35.7 Å².